The number of carboxylic acid groups (broad SMARTS) is 1. The van der Waals surface area contributed by atoms with Crippen molar-refractivity contribution in [3.05, 3.63) is 10.1 Å². The highest BCUT2D eigenvalue weighted by atomic mass is 35.5. The predicted octanol–water partition coefficient (Wildman–Crippen LogP) is 0.992. The van der Waals surface area contributed by atoms with Crippen LogP contribution in [0.1, 0.15) is 0 Å². The zero-order chi connectivity index (χ0) is 11.7. The first-order chi connectivity index (χ1) is 7.09. The summed E-state index contributed by atoms with van der Waals surface area (Å²) in [6, 6.07) is 0. The van der Waals surface area contributed by atoms with E-state index in [9.17, 15) is 9.59 Å². The number of aldehydes is 1. The highest BCUT2D eigenvalue weighted by molar-refractivity contribution is 6.51. The third-order valence-corrected chi connectivity index (χ3v) is 1.99. The predicted molar refractivity (Wildman–Crippen MR) is 54.1 cm³/mol. The zero-order valence-electron chi connectivity index (χ0n) is 7.74. The second-order valence-electron chi connectivity index (χ2n) is 2.31. The Kier molecular flexibility index (Phi) is 8.31. The Morgan fingerprint density at radius 2 is 1.53 bits per heavy atom. The van der Waals surface area contributed by atoms with E-state index in [4.69, 9.17) is 37.8 Å². The van der Waals surface area contributed by atoms with Crippen molar-refractivity contribution in [2.75, 3.05) is 26.4 Å². The third kappa shape index (κ3) is 7.33. The van der Waals surface area contributed by atoms with Crippen molar-refractivity contribution in [2.45, 2.75) is 0 Å². The number of hydrogen-bond donors (Lipinski definition) is 1. The Labute approximate surface area is 96.6 Å². The second kappa shape index (κ2) is 8.67. The molecule has 0 aliphatic carbocycles. The topological polar surface area (TPSA) is 72.8 Å². The molecule has 1 fully saturated rings. The largest absolute Gasteiger partial charge is 0.477 e. The fourth-order valence-corrected chi connectivity index (χ4v) is 0.719. The number of rotatable bonds is 2. The number of carboxylic acids is 1. The molecule has 0 radical (unpaired) electrons. The van der Waals surface area contributed by atoms with Crippen LogP contribution < -0.4 is 0 Å². The monoisotopic (exact) mass is 256 g/mol. The minimum absolute atomic E-state index is 0.165. The molecule has 0 aromatic carbocycles. The van der Waals surface area contributed by atoms with Crippen LogP contribution in [-0.4, -0.2) is 43.8 Å². The molecule has 1 saturated heterocycles. The quantitative estimate of drug-likeness (QED) is 0.590. The molecule has 0 aromatic rings. The van der Waals surface area contributed by atoms with E-state index in [2.05, 4.69) is 0 Å². The van der Waals surface area contributed by atoms with Crippen LogP contribution in [0, 0.1) is 0 Å². The molecule has 1 heterocycles. The van der Waals surface area contributed by atoms with Crippen molar-refractivity contribution in [1.82, 2.24) is 0 Å². The third-order valence-electron chi connectivity index (χ3n) is 1.24. The van der Waals surface area contributed by atoms with E-state index in [0.717, 1.165) is 26.4 Å². The van der Waals surface area contributed by atoms with E-state index in [-0.39, 0.29) is 6.29 Å². The van der Waals surface area contributed by atoms with Gasteiger partial charge in [0.05, 0.1) is 26.4 Å². The molecule has 1 aliphatic heterocycles. The van der Waals surface area contributed by atoms with Gasteiger partial charge in [-0.25, -0.2) is 4.79 Å². The molecule has 0 unspecified atom stereocenters. The Morgan fingerprint density at radius 1 is 1.13 bits per heavy atom. The molecule has 1 aliphatic rings. The lowest BCUT2D eigenvalue weighted by Crippen LogP contribution is -2.16. The molecule has 0 amide bonds. The molecule has 1 N–H and O–H groups in total. The standard InChI is InChI=1S/C4H2Cl2O3.C4H8O2/c5-2(1-7)3(6)4(8)9;1-2-6-4-3-5-1/h1H,(H,8,9);1-4H2. The van der Waals surface area contributed by atoms with E-state index < -0.39 is 16.0 Å². The lowest BCUT2D eigenvalue weighted by Gasteiger charge is -2.09. The number of carbonyl (C=O) groups excluding carboxylic acids is 1. The molecule has 15 heavy (non-hydrogen) atoms. The first-order valence-corrected chi connectivity index (χ1v) is 4.74. The van der Waals surface area contributed by atoms with E-state index >= 15 is 0 Å². The fraction of sp³-hybridized carbons (Fsp3) is 0.500. The van der Waals surface area contributed by atoms with Crippen molar-refractivity contribution in [2.24, 2.45) is 0 Å². The van der Waals surface area contributed by atoms with Crippen molar-refractivity contribution < 1.29 is 24.2 Å². The van der Waals surface area contributed by atoms with Gasteiger partial charge in [-0.2, -0.15) is 0 Å². The van der Waals surface area contributed by atoms with Gasteiger partial charge in [-0.05, 0) is 0 Å². The first kappa shape index (κ1) is 14.4. The van der Waals surface area contributed by atoms with Gasteiger partial charge in [0.15, 0.2) is 6.29 Å². The van der Waals surface area contributed by atoms with Gasteiger partial charge < -0.3 is 14.6 Å². The SMILES string of the molecule is C1COCCO1.O=CC(Cl)=C(Cl)C(=O)O. The molecule has 0 atom stereocenters. The first-order valence-electron chi connectivity index (χ1n) is 3.98. The molecule has 0 bridgehead atoms. The molecule has 0 saturated carbocycles. The second-order valence-corrected chi connectivity index (χ2v) is 3.09. The van der Waals surface area contributed by atoms with Gasteiger partial charge in [0, 0.05) is 0 Å². The molecule has 0 aromatic heterocycles. The zero-order valence-corrected chi connectivity index (χ0v) is 9.25. The van der Waals surface area contributed by atoms with E-state index in [0.29, 0.717) is 0 Å². The van der Waals surface area contributed by atoms with Crippen LogP contribution in [0.15, 0.2) is 10.1 Å². The summed E-state index contributed by atoms with van der Waals surface area (Å²) < 4.78 is 9.89. The Hall–Kier alpha value is -0.620. The van der Waals surface area contributed by atoms with E-state index in [1.165, 1.54) is 0 Å². The number of hydrogen-bond acceptors (Lipinski definition) is 4. The number of ether oxygens (including phenoxy) is 2. The van der Waals surface area contributed by atoms with Gasteiger partial charge in [0.2, 0.25) is 0 Å². The Balaban J connectivity index is 0.000000280. The number of allylic oxidation sites excluding steroid dienone is 1. The Bertz CT molecular complexity index is 236. The summed E-state index contributed by atoms with van der Waals surface area (Å²) in [6.07, 6.45) is 0.165. The lowest BCUT2D eigenvalue weighted by atomic mass is 10.5. The highest BCUT2D eigenvalue weighted by Crippen LogP contribution is 2.10. The molecular formula is C8H10Cl2O5. The lowest BCUT2D eigenvalue weighted by molar-refractivity contribution is -0.132. The minimum Gasteiger partial charge on any atom is -0.477 e. The minimum atomic E-state index is -1.41. The van der Waals surface area contributed by atoms with Gasteiger partial charge in [0.1, 0.15) is 10.1 Å². The number of carbonyl (C=O) groups is 2. The summed E-state index contributed by atoms with van der Waals surface area (Å²) in [6.45, 7) is 3.11. The van der Waals surface area contributed by atoms with Crippen LogP contribution in [0.3, 0.4) is 0 Å². The molecule has 7 heteroatoms. The van der Waals surface area contributed by atoms with Crippen molar-refractivity contribution in [3.8, 4) is 0 Å². The summed E-state index contributed by atoms with van der Waals surface area (Å²) in [5.41, 5.74) is 0. The van der Waals surface area contributed by atoms with Crippen LogP contribution in [0.5, 0.6) is 0 Å². The molecule has 0 spiro atoms. The van der Waals surface area contributed by atoms with Crippen LogP contribution in [0.4, 0.5) is 0 Å². The summed E-state index contributed by atoms with van der Waals surface area (Å²) >= 11 is 9.99. The van der Waals surface area contributed by atoms with Crippen LogP contribution >= 0.6 is 23.2 Å². The number of halogens is 2. The van der Waals surface area contributed by atoms with Gasteiger partial charge in [0.25, 0.3) is 0 Å². The maximum Gasteiger partial charge on any atom is 0.348 e. The molecule has 1 rings (SSSR count). The van der Waals surface area contributed by atoms with Crippen molar-refractivity contribution in [1.29, 1.82) is 0 Å². The maximum absolute atomic E-state index is 9.87. The van der Waals surface area contributed by atoms with E-state index in [1.807, 2.05) is 0 Å². The summed E-state index contributed by atoms with van der Waals surface area (Å²) in [5, 5.41) is 6.89. The average Bonchev–Trinajstić information content (AvgIpc) is 2.30. The van der Waals surface area contributed by atoms with Crippen LogP contribution in [0.2, 0.25) is 0 Å². The maximum atomic E-state index is 9.87. The highest BCUT2D eigenvalue weighted by Gasteiger charge is 2.07. The van der Waals surface area contributed by atoms with Gasteiger partial charge in [-0.3, -0.25) is 4.79 Å². The molecular weight excluding hydrogens is 247 g/mol. The smallest absolute Gasteiger partial charge is 0.348 e. The van der Waals surface area contributed by atoms with E-state index in [1.54, 1.807) is 0 Å². The fourth-order valence-electron chi connectivity index (χ4n) is 0.594. The van der Waals surface area contributed by atoms with Gasteiger partial charge in [-0.1, -0.05) is 23.2 Å². The normalized spacial score (nSPS) is 16.9. The summed E-state index contributed by atoms with van der Waals surface area (Å²) in [4.78, 5) is 19.6. The van der Waals surface area contributed by atoms with Crippen molar-refractivity contribution in [3.63, 3.8) is 0 Å². The van der Waals surface area contributed by atoms with Gasteiger partial charge in [-0.15, -0.1) is 0 Å². The molecule has 5 nitrogen and oxygen atoms in total. The van der Waals surface area contributed by atoms with Crippen LogP contribution in [-0.2, 0) is 19.1 Å². The average molecular weight is 257 g/mol. The van der Waals surface area contributed by atoms with Gasteiger partial charge >= 0.3 is 5.97 Å². The summed E-state index contributed by atoms with van der Waals surface area (Å²) in [5.74, 6) is -1.41. The van der Waals surface area contributed by atoms with Crippen LogP contribution in [0.25, 0.3) is 0 Å². The molecule has 86 valence electrons. The Morgan fingerprint density at radius 3 is 1.67 bits per heavy atom. The number of aliphatic carboxylic acids is 1. The van der Waals surface area contributed by atoms with Crippen molar-refractivity contribution >= 4 is 35.5 Å². The summed E-state index contributed by atoms with van der Waals surface area (Å²) in [7, 11) is 0.